The molecule has 0 aromatic carbocycles. The van der Waals surface area contributed by atoms with Crippen LogP contribution in [0.4, 0.5) is 0 Å². The van der Waals surface area contributed by atoms with E-state index >= 15 is 0 Å². The van der Waals surface area contributed by atoms with Gasteiger partial charge in [0.05, 0.1) is 0 Å². The van der Waals surface area contributed by atoms with Crippen molar-refractivity contribution in [3.8, 4) is 0 Å². The van der Waals surface area contributed by atoms with E-state index in [0.717, 1.165) is 31.1 Å². The molecule has 0 aromatic heterocycles. The molecule has 2 aliphatic heterocycles. The molecule has 3 aliphatic rings. The highest BCUT2D eigenvalue weighted by Crippen LogP contribution is 2.41. The van der Waals surface area contributed by atoms with Crippen LogP contribution in [0.15, 0.2) is 0 Å². The lowest BCUT2D eigenvalue weighted by Crippen LogP contribution is -2.52. The van der Waals surface area contributed by atoms with Crippen molar-refractivity contribution in [1.82, 2.24) is 10.2 Å². The molecule has 3 nitrogen and oxygen atoms in total. The molecule has 110 valence electrons. The number of hydrogen-bond acceptors (Lipinski definition) is 3. The first kappa shape index (κ1) is 13.8. The molecule has 0 radical (unpaired) electrons. The molecule has 0 aromatic rings. The van der Waals surface area contributed by atoms with Crippen LogP contribution in [-0.4, -0.2) is 49.3 Å². The number of nitrogens with one attached hydrogen (secondary N) is 1. The Balaban J connectivity index is 1.62. The summed E-state index contributed by atoms with van der Waals surface area (Å²) in [6.45, 7) is 10.6. The average molecular weight is 266 g/mol. The first-order chi connectivity index (χ1) is 9.17. The molecule has 3 fully saturated rings. The molecular weight excluding hydrogens is 236 g/mol. The fraction of sp³-hybridized carbons (Fsp3) is 1.00. The van der Waals surface area contributed by atoms with Crippen LogP contribution in [0.2, 0.25) is 0 Å². The van der Waals surface area contributed by atoms with Gasteiger partial charge in [0, 0.05) is 37.9 Å². The van der Waals surface area contributed by atoms with Crippen LogP contribution < -0.4 is 5.32 Å². The van der Waals surface area contributed by atoms with Crippen molar-refractivity contribution in [2.75, 3.05) is 32.8 Å². The largest absolute Gasteiger partial charge is 0.381 e. The van der Waals surface area contributed by atoms with E-state index in [4.69, 9.17) is 4.74 Å². The van der Waals surface area contributed by atoms with Crippen molar-refractivity contribution in [3.05, 3.63) is 0 Å². The predicted octanol–water partition coefficient (Wildman–Crippen LogP) is 2.27. The second-order valence-corrected chi connectivity index (χ2v) is 7.24. The Hall–Kier alpha value is -0.120. The Morgan fingerprint density at radius 3 is 2.58 bits per heavy atom. The highest BCUT2D eigenvalue weighted by atomic mass is 16.5. The summed E-state index contributed by atoms with van der Waals surface area (Å²) < 4.78 is 5.50. The maximum atomic E-state index is 5.50. The van der Waals surface area contributed by atoms with Crippen LogP contribution >= 0.6 is 0 Å². The summed E-state index contributed by atoms with van der Waals surface area (Å²) in [5, 5.41) is 3.85. The Morgan fingerprint density at radius 2 is 1.89 bits per heavy atom. The second-order valence-electron chi connectivity index (χ2n) is 7.24. The van der Waals surface area contributed by atoms with Crippen molar-refractivity contribution in [2.45, 2.75) is 57.5 Å². The number of rotatable bonds is 3. The van der Waals surface area contributed by atoms with Gasteiger partial charge in [-0.15, -0.1) is 0 Å². The van der Waals surface area contributed by atoms with Crippen LogP contribution in [0.5, 0.6) is 0 Å². The minimum Gasteiger partial charge on any atom is -0.381 e. The maximum absolute atomic E-state index is 5.50. The van der Waals surface area contributed by atoms with Gasteiger partial charge in [-0.1, -0.05) is 0 Å². The Morgan fingerprint density at radius 1 is 1.16 bits per heavy atom. The molecule has 2 atom stereocenters. The van der Waals surface area contributed by atoms with Gasteiger partial charge in [0.25, 0.3) is 0 Å². The predicted molar refractivity (Wildman–Crippen MR) is 78.3 cm³/mol. The van der Waals surface area contributed by atoms with Gasteiger partial charge in [0.15, 0.2) is 0 Å². The molecule has 0 amide bonds. The van der Waals surface area contributed by atoms with Crippen LogP contribution in [0.1, 0.15) is 46.0 Å². The van der Waals surface area contributed by atoms with Crippen LogP contribution in [-0.2, 0) is 4.74 Å². The molecule has 1 saturated carbocycles. The van der Waals surface area contributed by atoms with Crippen LogP contribution in [0, 0.1) is 11.8 Å². The summed E-state index contributed by atoms with van der Waals surface area (Å²) in [4.78, 5) is 2.77. The van der Waals surface area contributed by atoms with Crippen molar-refractivity contribution in [2.24, 2.45) is 11.8 Å². The van der Waals surface area contributed by atoms with E-state index in [1.54, 1.807) is 0 Å². The summed E-state index contributed by atoms with van der Waals surface area (Å²) in [6, 6.07) is 0.732. The van der Waals surface area contributed by atoms with Gasteiger partial charge < -0.3 is 10.1 Å². The molecule has 0 spiro atoms. The zero-order chi connectivity index (χ0) is 13.3. The van der Waals surface area contributed by atoms with Gasteiger partial charge in [-0.25, -0.2) is 0 Å². The SMILES string of the molecule is CC1CCNC(C)(C2CC2)CN1CC1CCOCC1. The third kappa shape index (κ3) is 3.32. The summed E-state index contributed by atoms with van der Waals surface area (Å²) in [7, 11) is 0. The molecular formula is C16H30N2O. The topological polar surface area (TPSA) is 24.5 Å². The Kier molecular flexibility index (Phi) is 4.16. The number of nitrogens with zero attached hydrogens (tertiary/aromatic N) is 1. The van der Waals surface area contributed by atoms with Crippen molar-refractivity contribution < 1.29 is 4.74 Å². The summed E-state index contributed by atoms with van der Waals surface area (Å²) >= 11 is 0. The van der Waals surface area contributed by atoms with Gasteiger partial charge in [-0.05, 0) is 64.3 Å². The Labute approximate surface area is 118 Å². The number of hydrogen-bond donors (Lipinski definition) is 1. The van der Waals surface area contributed by atoms with Gasteiger partial charge in [0.2, 0.25) is 0 Å². The lowest BCUT2D eigenvalue weighted by atomic mass is 9.93. The standard InChI is InChI=1S/C16H30N2O/c1-13-5-8-17-16(2,15-3-4-15)12-18(13)11-14-6-9-19-10-7-14/h13-15,17H,3-12H2,1-2H3. The number of ether oxygens (including phenoxy) is 1. The van der Waals surface area contributed by atoms with E-state index in [1.165, 1.54) is 51.7 Å². The summed E-state index contributed by atoms with van der Waals surface area (Å²) in [5.74, 6) is 1.78. The smallest absolute Gasteiger partial charge is 0.0469 e. The summed E-state index contributed by atoms with van der Waals surface area (Å²) in [6.07, 6.45) is 6.69. The van der Waals surface area contributed by atoms with Gasteiger partial charge in [0.1, 0.15) is 0 Å². The highest BCUT2D eigenvalue weighted by molar-refractivity contribution is 5.02. The fourth-order valence-corrected chi connectivity index (χ4v) is 3.88. The van der Waals surface area contributed by atoms with Gasteiger partial charge in [-0.3, -0.25) is 4.90 Å². The molecule has 2 saturated heterocycles. The molecule has 1 aliphatic carbocycles. The van der Waals surface area contributed by atoms with Crippen LogP contribution in [0.3, 0.4) is 0 Å². The minimum absolute atomic E-state index is 0.371. The Bertz CT molecular complexity index is 299. The fourth-order valence-electron chi connectivity index (χ4n) is 3.88. The van der Waals surface area contributed by atoms with E-state index in [2.05, 4.69) is 24.1 Å². The van der Waals surface area contributed by atoms with Crippen molar-refractivity contribution in [3.63, 3.8) is 0 Å². The van der Waals surface area contributed by atoms with Crippen LogP contribution in [0.25, 0.3) is 0 Å². The summed E-state index contributed by atoms with van der Waals surface area (Å²) in [5.41, 5.74) is 0.371. The quantitative estimate of drug-likeness (QED) is 0.848. The van der Waals surface area contributed by atoms with E-state index < -0.39 is 0 Å². The third-order valence-corrected chi connectivity index (χ3v) is 5.56. The van der Waals surface area contributed by atoms with Gasteiger partial charge in [-0.2, -0.15) is 0 Å². The molecule has 19 heavy (non-hydrogen) atoms. The van der Waals surface area contributed by atoms with E-state index in [9.17, 15) is 0 Å². The highest BCUT2D eigenvalue weighted by Gasteiger charge is 2.44. The molecule has 3 rings (SSSR count). The zero-order valence-corrected chi connectivity index (χ0v) is 12.7. The third-order valence-electron chi connectivity index (χ3n) is 5.56. The van der Waals surface area contributed by atoms with E-state index in [-0.39, 0.29) is 0 Å². The maximum Gasteiger partial charge on any atom is 0.0469 e. The monoisotopic (exact) mass is 266 g/mol. The lowest BCUT2D eigenvalue weighted by Gasteiger charge is -2.38. The average Bonchev–Trinajstić information content (AvgIpc) is 3.23. The molecule has 1 N–H and O–H groups in total. The normalized spacial score (nSPS) is 39.2. The van der Waals surface area contributed by atoms with E-state index in [1.807, 2.05) is 0 Å². The first-order valence-corrected chi connectivity index (χ1v) is 8.24. The molecule has 2 unspecified atom stereocenters. The minimum atomic E-state index is 0.371. The van der Waals surface area contributed by atoms with E-state index in [0.29, 0.717) is 5.54 Å². The second kappa shape index (κ2) is 5.71. The first-order valence-electron chi connectivity index (χ1n) is 8.24. The lowest BCUT2D eigenvalue weighted by molar-refractivity contribution is 0.0423. The zero-order valence-electron chi connectivity index (χ0n) is 12.7. The van der Waals surface area contributed by atoms with Crippen molar-refractivity contribution in [1.29, 1.82) is 0 Å². The molecule has 3 heteroatoms. The van der Waals surface area contributed by atoms with Crippen molar-refractivity contribution >= 4 is 0 Å². The van der Waals surface area contributed by atoms with Gasteiger partial charge >= 0.3 is 0 Å². The molecule has 2 heterocycles. The molecule has 0 bridgehead atoms.